The van der Waals surface area contributed by atoms with E-state index in [1.54, 1.807) is 0 Å². The predicted molar refractivity (Wildman–Crippen MR) is 79.3 cm³/mol. The molecule has 3 nitrogen and oxygen atoms in total. The lowest BCUT2D eigenvalue weighted by Gasteiger charge is -2.56. The summed E-state index contributed by atoms with van der Waals surface area (Å²) in [6.45, 7) is 7.02. The molecule has 0 aromatic rings. The fourth-order valence-electron chi connectivity index (χ4n) is 5.13. The van der Waals surface area contributed by atoms with Crippen LogP contribution in [0.15, 0.2) is 0 Å². The van der Waals surface area contributed by atoms with Gasteiger partial charge in [0.1, 0.15) is 6.61 Å². The minimum absolute atomic E-state index is 0.0515. The molecule has 0 aromatic carbocycles. The summed E-state index contributed by atoms with van der Waals surface area (Å²) in [4.78, 5) is 11.9. The Labute approximate surface area is 122 Å². The Hall–Kier alpha value is -0.570. The average Bonchev–Trinajstić information content (AvgIpc) is 2.31. The van der Waals surface area contributed by atoms with Crippen LogP contribution in [0.3, 0.4) is 0 Å². The van der Waals surface area contributed by atoms with E-state index in [4.69, 9.17) is 4.74 Å². The van der Waals surface area contributed by atoms with E-state index in [1.165, 1.54) is 38.5 Å². The largest absolute Gasteiger partial charge is 0.366 e. The van der Waals surface area contributed by atoms with Gasteiger partial charge in [0.05, 0.1) is 5.60 Å². The van der Waals surface area contributed by atoms with Crippen LogP contribution >= 0.6 is 0 Å². The first-order chi connectivity index (χ1) is 9.34. The van der Waals surface area contributed by atoms with Crippen molar-refractivity contribution in [1.29, 1.82) is 0 Å². The van der Waals surface area contributed by atoms with Crippen molar-refractivity contribution in [2.75, 3.05) is 13.2 Å². The van der Waals surface area contributed by atoms with Gasteiger partial charge in [0.25, 0.3) is 0 Å². The van der Waals surface area contributed by atoms with Crippen LogP contribution in [-0.2, 0) is 9.53 Å². The standard InChI is InChI=1S/C17H29NO2/c1-16(2,3)20-10-15(19)18-11-17-7-12-4-13(8-17)6-14(5-12)9-17/h12-14H,4-11H2,1-3H3,(H,18,19). The molecule has 0 radical (unpaired) electrons. The molecule has 3 heteroatoms. The fraction of sp³-hybridized carbons (Fsp3) is 0.941. The molecule has 4 saturated carbocycles. The van der Waals surface area contributed by atoms with E-state index in [0.717, 1.165) is 24.3 Å². The number of ether oxygens (including phenoxy) is 1. The molecule has 4 aliphatic carbocycles. The second-order valence-corrected chi connectivity index (χ2v) is 8.60. The first kappa shape index (κ1) is 14.4. The smallest absolute Gasteiger partial charge is 0.246 e. The molecule has 1 N–H and O–H groups in total. The summed E-state index contributed by atoms with van der Waals surface area (Å²) in [5.74, 6) is 2.90. The summed E-state index contributed by atoms with van der Waals surface area (Å²) in [5, 5.41) is 3.15. The van der Waals surface area contributed by atoms with Crippen LogP contribution < -0.4 is 5.32 Å². The van der Waals surface area contributed by atoms with Gasteiger partial charge in [0, 0.05) is 6.54 Å². The van der Waals surface area contributed by atoms with Gasteiger partial charge in [-0.05, 0) is 82.5 Å². The van der Waals surface area contributed by atoms with Crippen molar-refractivity contribution in [3.05, 3.63) is 0 Å². The second-order valence-electron chi connectivity index (χ2n) is 8.60. The van der Waals surface area contributed by atoms with Gasteiger partial charge in [-0.25, -0.2) is 0 Å². The summed E-state index contributed by atoms with van der Waals surface area (Å²) in [5.41, 5.74) is 0.185. The highest BCUT2D eigenvalue weighted by atomic mass is 16.5. The molecule has 4 bridgehead atoms. The van der Waals surface area contributed by atoms with E-state index in [-0.39, 0.29) is 18.1 Å². The highest BCUT2D eigenvalue weighted by Crippen LogP contribution is 2.59. The fourth-order valence-corrected chi connectivity index (χ4v) is 5.13. The molecule has 20 heavy (non-hydrogen) atoms. The SMILES string of the molecule is CC(C)(C)OCC(=O)NCC12CC3CC(CC(C3)C1)C2. The highest BCUT2D eigenvalue weighted by Gasteiger charge is 2.50. The molecule has 0 unspecified atom stereocenters. The van der Waals surface area contributed by atoms with Crippen molar-refractivity contribution in [2.45, 2.75) is 64.9 Å². The molecule has 0 atom stereocenters. The van der Waals surface area contributed by atoms with Crippen molar-refractivity contribution in [3.8, 4) is 0 Å². The van der Waals surface area contributed by atoms with Gasteiger partial charge in [-0.1, -0.05) is 0 Å². The number of hydrogen-bond donors (Lipinski definition) is 1. The minimum atomic E-state index is -0.238. The minimum Gasteiger partial charge on any atom is -0.366 e. The number of carbonyl (C=O) groups is 1. The summed E-state index contributed by atoms with van der Waals surface area (Å²) >= 11 is 0. The number of nitrogens with one attached hydrogen (secondary N) is 1. The van der Waals surface area contributed by atoms with E-state index in [9.17, 15) is 4.79 Å². The third-order valence-electron chi connectivity index (χ3n) is 5.46. The van der Waals surface area contributed by atoms with Crippen molar-refractivity contribution in [2.24, 2.45) is 23.2 Å². The topological polar surface area (TPSA) is 38.3 Å². The molecular formula is C17H29NO2. The number of amides is 1. The molecule has 0 aliphatic heterocycles. The molecule has 4 aliphatic rings. The van der Waals surface area contributed by atoms with Gasteiger partial charge in [0.2, 0.25) is 5.91 Å². The van der Waals surface area contributed by atoms with Crippen LogP contribution in [0.4, 0.5) is 0 Å². The number of rotatable bonds is 4. The number of carbonyl (C=O) groups excluding carboxylic acids is 1. The van der Waals surface area contributed by atoms with Gasteiger partial charge < -0.3 is 10.1 Å². The van der Waals surface area contributed by atoms with Gasteiger partial charge in [-0.2, -0.15) is 0 Å². The van der Waals surface area contributed by atoms with Gasteiger partial charge in [-0.15, -0.1) is 0 Å². The maximum Gasteiger partial charge on any atom is 0.246 e. The molecule has 0 aromatic heterocycles. The summed E-state index contributed by atoms with van der Waals surface area (Å²) in [6.07, 6.45) is 8.42. The zero-order valence-electron chi connectivity index (χ0n) is 13.2. The quantitative estimate of drug-likeness (QED) is 0.858. The van der Waals surface area contributed by atoms with Crippen molar-refractivity contribution in [3.63, 3.8) is 0 Å². The highest BCUT2D eigenvalue weighted by molar-refractivity contribution is 5.77. The Bertz CT molecular complexity index is 348. The van der Waals surface area contributed by atoms with Gasteiger partial charge in [0.15, 0.2) is 0 Å². The normalized spacial score (nSPS) is 39.0. The Kier molecular flexibility index (Phi) is 3.60. The third-order valence-corrected chi connectivity index (χ3v) is 5.46. The maximum atomic E-state index is 11.9. The van der Waals surface area contributed by atoms with E-state index in [2.05, 4.69) is 5.32 Å². The molecule has 0 saturated heterocycles. The zero-order chi connectivity index (χ0) is 14.4. The molecule has 4 fully saturated rings. The molecule has 4 rings (SSSR count). The van der Waals surface area contributed by atoms with Crippen LogP contribution in [0.25, 0.3) is 0 Å². The molecular weight excluding hydrogens is 250 g/mol. The van der Waals surface area contributed by atoms with Crippen LogP contribution in [0.5, 0.6) is 0 Å². The van der Waals surface area contributed by atoms with E-state index >= 15 is 0 Å². The van der Waals surface area contributed by atoms with Crippen LogP contribution in [0.1, 0.15) is 59.3 Å². The first-order valence-corrected chi connectivity index (χ1v) is 8.24. The Morgan fingerprint density at radius 2 is 1.60 bits per heavy atom. The van der Waals surface area contributed by atoms with Crippen LogP contribution in [-0.4, -0.2) is 24.7 Å². The average molecular weight is 279 g/mol. The first-order valence-electron chi connectivity index (χ1n) is 8.24. The van der Waals surface area contributed by atoms with Crippen molar-refractivity contribution < 1.29 is 9.53 Å². The molecule has 1 amide bonds. The van der Waals surface area contributed by atoms with Crippen LogP contribution in [0, 0.1) is 23.2 Å². The monoisotopic (exact) mass is 279 g/mol. The lowest BCUT2D eigenvalue weighted by molar-refractivity contribution is -0.132. The van der Waals surface area contributed by atoms with E-state index in [1.807, 2.05) is 20.8 Å². The van der Waals surface area contributed by atoms with Crippen molar-refractivity contribution >= 4 is 5.91 Å². The zero-order valence-corrected chi connectivity index (χ0v) is 13.2. The summed E-state index contributed by atoms with van der Waals surface area (Å²) in [7, 11) is 0. The summed E-state index contributed by atoms with van der Waals surface area (Å²) < 4.78 is 5.55. The Morgan fingerprint density at radius 1 is 1.10 bits per heavy atom. The predicted octanol–water partition coefficient (Wildman–Crippen LogP) is 3.13. The maximum absolute atomic E-state index is 11.9. The summed E-state index contributed by atoms with van der Waals surface area (Å²) in [6, 6.07) is 0. The lowest BCUT2D eigenvalue weighted by Crippen LogP contribution is -2.51. The molecule has 0 spiro atoms. The third kappa shape index (κ3) is 3.19. The van der Waals surface area contributed by atoms with Crippen LogP contribution in [0.2, 0.25) is 0 Å². The molecule has 0 heterocycles. The van der Waals surface area contributed by atoms with Gasteiger partial charge >= 0.3 is 0 Å². The van der Waals surface area contributed by atoms with E-state index < -0.39 is 0 Å². The second kappa shape index (κ2) is 5.01. The van der Waals surface area contributed by atoms with Crippen molar-refractivity contribution in [1.82, 2.24) is 5.32 Å². The lowest BCUT2D eigenvalue weighted by atomic mass is 9.49. The number of hydrogen-bond acceptors (Lipinski definition) is 2. The van der Waals surface area contributed by atoms with Gasteiger partial charge in [-0.3, -0.25) is 4.79 Å². The Balaban J connectivity index is 1.50. The molecule has 114 valence electrons. The van der Waals surface area contributed by atoms with E-state index in [0.29, 0.717) is 5.41 Å². The Morgan fingerprint density at radius 3 is 2.05 bits per heavy atom.